The zero-order valence-corrected chi connectivity index (χ0v) is 9.92. The fourth-order valence-electron chi connectivity index (χ4n) is 1.78. The van der Waals surface area contributed by atoms with Gasteiger partial charge in [0.05, 0.1) is 11.7 Å². The first-order valence-corrected chi connectivity index (χ1v) is 5.67. The second-order valence-electron chi connectivity index (χ2n) is 4.07. The molecular weight excluding hydrogens is 252 g/mol. The number of amides is 2. The highest BCUT2D eigenvalue weighted by Gasteiger charge is 2.26. The predicted octanol–water partition coefficient (Wildman–Crippen LogP) is -0.930. The number of nitrogens with one attached hydrogen (secondary N) is 2. The number of carboxylic acid groups (broad SMARTS) is 1. The number of rotatable bonds is 4. The first-order valence-electron chi connectivity index (χ1n) is 5.67. The van der Waals surface area contributed by atoms with Crippen LogP contribution in [0, 0.1) is 0 Å². The maximum absolute atomic E-state index is 11.5. The topological polar surface area (TPSA) is 121 Å². The Morgan fingerprint density at radius 2 is 2.32 bits per heavy atom. The van der Waals surface area contributed by atoms with E-state index >= 15 is 0 Å². The molecule has 1 aromatic rings. The monoisotopic (exact) mass is 264 g/mol. The van der Waals surface area contributed by atoms with Gasteiger partial charge in [0.25, 0.3) is 0 Å². The Balaban J connectivity index is 2.01. The number of carboxylic acids is 1. The third-order valence-corrected chi connectivity index (χ3v) is 2.78. The molecule has 3 N–H and O–H groups in total. The van der Waals surface area contributed by atoms with Crippen molar-refractivity contribution in [1.82, 2.24) is 20.6 Å². The molecule has 2 rings (SSSR count). The van der Waals surface area contributed by atoms with E-state index in [-0.39, 0.29) is 24.4 Å². The van der Waals surface area contributed by atoms with Crippen molar-refractivity contribution in [3.05, 3.63) is 23.8 Å². The van der Waals surface area contributed by atoms with Gasteiger partial charge in [-0.1, -0.05) is 0 Å². The molecule has 2 amide bonds. The molecular formula is C11H12N4O4. The lowest BCUT2D eigenvalue weighted by molar-refractivity contribution is -0.134. The number of hydrogen-bond donors (Lipinski definition) is 3. The van der Waals surface area contributed by atoms with Gasteiger partial charge in [-0.05, 0) is 6.42 Å². The van der Waals surface area contributed by atoms with E-state index in [9.17, 15) is 14.4 Å². The van der Waals surface area contributed by atoms with Crippen LogP contribution in [-0.2, 0) is 16.1 Å². The molecule has 19 heavy (non-hydrogen) atoms. The van der Waals surface area contributed by atoms with Crippen molar-refractivity contribution >= 4 is 17.8 Å². The highest BCUT2D eigenvalue weighted by atomic mass is 16.4. The lowest BCUT2D eigenvalue weighted by Crippen LogP contribution is -2.50. The SMILES string of the molecule is O=C1CCC(NCc2ncncc2C(=O)O)C(=O)N1. The third-order valence-electron chi connectivity index (χ3n) is 2.78. The van der Waals surface area contributed by atoms with E-state index in [1.165, 1.54) is 12.5 Å². The number of aromatic nitrogens is 2. The maximum atomic E-state index is 11.5. The van der Waals surface area contributed by atoms with Gasteiger partial charge in [-0.3, -0.25) is 14.9 Å². The van der Waals surface area contributed by atoms with Gasteiger partial charge in [-0.2, -0.15) is 0 Å². The molecule has 0 spiro atoms. The van der Waals surface area contributed by atoms with Crippen LogP contribution >= 0.6 is 0 Å². The summed E-state index contributed by atoms with van der Waals surface area (Å²) in [6.45, 7) is 0.121. The minimum absolute atomic E-state index is 0.0118. The van der Waals surface area contributed by atoms with E-state index in [1.807, 2.05) is 0 Å². The Kier molecular flexibility index (Phi) is 3.81. The Bertz CT molecular complexity index is 531. The molecule has 8 heteroatoms. The van der Waals surface area contributed by atoms with Crippen LogP contribution in [0.2, 0.25) is 0 Å². The number of carbonyl (C=O) groups excluding carboxylic acids is 2. The Hall–Kier alpha value is -2.35. The van der Waals surface area contributed by atoms with E-state index in [2.05, 4.69) is 20.6 Å². The van der Waals surface area contributed by atoms with Crippen molar-refractivity contribution in [1.29, 1.82) is 0 Å². The predicted molar refractivity (Wildman–Crippen MR) is 62.0 cm³/mol. The summed E-state index contributed by atoms with van der Waals surface area (Å²) in [5.41, 5.74) is 0.287. The molecule has 1 aromatic heterocycles. The van der Waals surface area contributed by atoms with Crippen molar-refractivity contribution < 1.29 is 19.5 Å². The standard InChI is InChI=1S/C11H12N4O4/c16-9-2-1-7(10(17)15-9)13-4-8-6(11(18)19)3-12-5-14-8/h3,5,7,13H,1-2,4H2,(H,18,19)(H,15,16,17). The molecule has 1 fully saturated rings. The van der Waals surface area contributed by atoms with Crippen LogP contribution < -0.4 is 10.6 Å². The van der Waals surface area contributed by atoms with Gasteiger partial charge in [-0.15, -0.1) is 0 Å². The van der Waals surface area contributed by atoms with E-state index in [0.29, 0.717) is 12.1 Å². The maximum Gasteiger partial charge on any atom is 0.339 e. The minimum Gasteiger partial charge on any atom is -0.478 e. The van der Waals surface area contributed by atoms with E-state index in [1.54, 1.807) is 0 Å². The van der Waals surface area contributed by atoms with Crippen molar-refractivity contribution in [3.63, 3.8) is 0 Å². The summed E-state index contributed by atoms with van der Waals surface area (Å²) in [5, 5.41) is 14.1. The zero-order chi connectivity index (χ0) is 13.8. The number of imide groups is 1. The number of carbonyl (C=O) groups is 3. The second-order valence-corrected chi connectivity index (χ2v) is 4.07. The Morgan fingerprint density at radius 3 is 3.00 bits per heavy atom. The molecule has 1 aliphatic rings. The van der Waals surface area contributed by atoms with Crippen molar-refractivity contribution in [2.75, 3.05) is 0 Å². The highest BCUT2D eigenvalue weighted by Crippen LogP contribution is 2.07. The van der Waals surface area contributed by atoms with Gasteiger partial charge in [0.15, 0.2) is 0 Å². The van der Waals surface area contributed by atoms with Gasteiger partial charge >= 0.3 is 5.97 Å². The summed E-state index contributed by atoms with van der Waals surface area (Å²) in [5.74, 6) is -1.82. The molecule has 0 bridgehead atoms. The molecule has 0 aromatic carbocycles. The molecule has 8 nitrogen and oxygen atoms in total. The Labute approximate surface area is 108 Å². The molecule has 0 radical (unpaired) electrons. The largest absolute Gasteiger partial charge is 0.478 e. The highest BCUT2D eigenvalue weighted by molar-refractivity contribution is 6.00. The lowest BCUT2D eigenvalue weighted by atomic mass is 10.1. The summed E-state index contributed by atoms with van der Waals surface area (Å²) in [6, 6.07) is -0.519. The van der Waals surface area contributed by atoms with E-state index in [0.717, 1.165) is 0 Å². The van der Waals surface area contributed by atoms with Crippen LogP contribution in [0.5, 0.6) is 0 Å². The van der Waals surface area contributed by atoms with Crippen molar-refractivity contribution in [2.24, 2.45) is 0 Å². The summed E-state index contributed by atoms with van der Waals surface area (Å²) in [6.07, 6.45) is 3.10. The molecule has 0 aliphatic carbocycles. The quantitative estimate of drug-likeness (QED) is 0.600. The minimum atomic E-state index is -1.12. The first-order chi connectivity index (χ1) is 9.08. The summed E-state index contributed by atoms with van der Waals surface area (Å²) >= 11 is 0. The third kappa shape index (κ3) is 3.10. The molecule has 1 aliphatic heterocycles. The number of nitrogens with zero attached hydrogens (tertiary/aromatic N) is 2. The summed E-state index contributed by atoms with van der Waals surface area (Å²) in [4.78, 5) is 40.9. The number of hydrogen-bond acceptors (Lipinski definition) is 6. The lowest BCUT2D eigenvalue weighted by Gasteiger charge is -2.21. The van der Waals surface area contributed by atoms with Crippen LogP contribution in [0.3, 0.4) is 0 Å². The molecule has 1 saturated heterocycles. The number of aromatic carboxylic acids is 1. The van der Waals surface area contributed by atoms with Crippen LogP contribution in [0.1, 0.15) is 28.9 Å². The van der Waals surface area contributed by atoms with Crippen LogP contribution in [0.15, 0.2) is 12.5 Å². The number of piperidine rings is 1. The van der Waals surface area contributed by atoms with Crippen molar-refractivity contribution in [3.8, 4) is 0 Å². The van der Waals surface area contributed by atoms with Crippen LogP contribution in [0.4, 0.5) is 0 Å². The van der Waals surface area contributed by atoms with Crippen LogP contribution in [-0.4, -0.2) is 38.9 Å². The van der Waals surface area contributed by atoms with Gasteiger partial charge in [0, 0.05) is 19.2 Å². The van der Waals surface area contributed by atoms with Gasteiger partial charge in [0.2, 0.25) is 11.8 Å². The van der Waals surface area contributed by atoms with Crippen LogP contribution in [0.25, 0.3) is 0 Å². The zero-order valence-electron chi connectivity index (χ0n) is 9.92. The smallest absolute Gasteiger partial charge is 0.339 e. The fraction of sp³-hybridized carbons (Fsp3) is 0.364. The van der Waals surface area contributed by atoms with E-state index < -0.39 is 17.9 Å². The van der Waals surface area contributed by atoms with E-state index in [4.69, 9.17) is 5.11 Å². The summed E-state index contributed by atoms with van der Waals surface area (Å²) < 4.78 is 0. The van der Waals surface area contributed by atoms with Gasteiger partial charge in [-0.25, -0.2) is 14.8 Å². The average molecular weight is 264 g/mol. The molecule has 2 heterocycles. The Morgan fingerprint density at radius 1 is 1.53 bits per heavy atom. The second kappa shape index (κ2) is 5.53. The first kappa shape index (κ1) is 13.1. The molecule has 1 atom stereocenters. The van der Waals surface area contributed by atoms with Gasteiger partial charge in [0.1, 0.15) is 11.9 Å². The normalized spacial score (nSPS) is 19.1. The van der Waals surface area contributed by atoms with Crippen molar-refractivity contribution in [2.45, 2.75) is 25.4 Å². The molecule has 0 saturated carbocycles. The average Bonchev–Trinajstić information content (AvgIpc) is 2.38. The summed E-state index contributed by atoms with van der Waals surface area (Å²) in [7, 11) is 0. The fourth-order valence-corrected chi connectivity index (χ4v) is 1.78. The molecule has 100 valence electrons. The molecule has 1 unspecified atom stereocenters. The van der Waals surface area contributed by atoms with Gasteiger partial charge < -0.3 is 10.4 Å².